The lowest BCUT2D eigenvalue weighted by atomic mass is 10.0. The van der Waals surface area contributed by atoms with Crippen molar-refractivity contribution in [1.82, 2.24) is 5.32 Å². The molecule has 0 aromatic heterocycles. The first kappa shape index (κ1) is 12.1. The van der Waals surface area contributed by atoms with Gasteiger partial charge in [-0.15, -0.1) is 0 Å². The Kier molecular flexibility index (Phi) is 3.79. The molecule has 0 aliphatic carbocycles. The third-order valence-corrected chi connectivity index (χ3v) is 3.16. The number of piperazine rings is 1. The van der Waals surface area contributed by atoms with Gasteiger partial charge in [0.25, 0.3) is 0 Å². The molecule has 0 bridgehead atoms. The number of anilines is 1. The number of carbonyl (C=O) groups excluding carboxylic acids is 1. The number of nitrogens with zero attached hydrogens (tertiary/aromatic N) is 1. The summed E-state index contributed by atoms with van der Waals surface area (Å²) >= 11 is 0. The molecule has 3 heteroatoms. The lowest BCUT2D eigenvalue weighted by Crippen LogP contribution is -2.43. The quantitative estimate of drug-likeness (QED) is 0.808. The minimum atomic E-state index is 0.0695. The first-order valence-electron chi connectivity index (χ1n) is 6.28. The second kappa shape index (κ2) is 5.32. The number of ketones is 1. The van der Waals surface area contributed by atoms with Crippen LogP contribution < -0.4 is 10.2 Å². The molecule has 1 aliphatic rings. The summed E-state index contributed by atoms with van der Waals surface area (Å²) in [7, 11) is 0. The van der Waals surface area contributed by atoms with E-state index in [0.717, 1.165) is 31.7 Å². The maximum absolute atomic E-state index is 11.8. The van der Waals surface area contributed by atoms with Crippen molar-refractivity contribution in [3.05, 3.63) is 29.8 Å². The highest BCUT2D eigenvalue weighted by Crippen LogP contribution is 2.17. The Morgan fingerprint density at radius 1 is 1.18 bits per heavy atom. The van der Waals surface area contributed by atoms with E-state index >= 15 is 0 Å². The van der Waals surface area contributed by atoms with Crippen LogP contribution in [0.15, 0.2) is 24.3 Å². The fourth-order valence-electron chi connectivity index (χ4n) is 2.09. The normalized spacial score (nSPS) is 16.3. The summed E-state index contributed by atoms with van der Waals surface area (Å²) in [4.78, 5) is 14.2. The SMILES string of the molecule is CC(C)C(=O)c1ccc(N2CCNCC2)cc1. The van der Waals surface area contributed by atoms with Crippen LogP contribution in [0.3, 0.4) is 0 Å². The van der Waals surface area contributed by atoms with Crippen molar-refractivity contribution in [3.63, 3.8) is 0 Å². The van der Waals surface area contributed by atoms with Crippen LogP contribution in [0.1, 0.15) is 24.2 Å². The van der Waals surface area contributed by atoms with E-state index in [4.69, 9.17) is 0 Å². The van der Waals surface area contributed by atoms with Gasteiger partial charge in [-0.2, -0.15) is 0 Å². The zero-order valence-corrected chi connectivity index (χ0v) is 10.6. The van der Waals surface area contributed by atoms with Crippen LogP contribution in [0.4, 0.5) is 5.69 Å². The molecule has 1 fully saturated rings. The van der Waals surface area contributed by atoms with E-state index in [1.165, 1.54) is 5.69 Å². The molecule has 0 unspecified atom stereocenters. The Morgan fingerprint density at radius 2 is 1.76 bits per heavy atom. The van der Waals surface area contributed by atoms with E-state index in [0.29, 0.717) is 0 Å². The number of rotatable bonds is 3. The molecule has 2 rings (SSSR count). The average molecular weight is 232 g/mol. The minimum Gasteiger partial charge on any atom is -0.369 e. The van der Waals surface area contributed by atoms with Crippen LogP contribution >= 0.6 is 0 Å². The number of carbonyl (C=O) groups is 1. The van der Waals surface area contributed by atoms with Gasteiger partial charge in [0.2, 0.25) is 0 Å². The standard InChI is InChI=1S/C14H20N2O/c1-11(2)14(17)12-3-5-13(6-4-12)16-9-7-15-8-10-16/h3-6,11,15H,7-10H2,1-2H3. The van der Waals surface area contributed by atoms with Gasteiger partial charge in [0.15, 0.2) is 5.78 Å². The Bertz CT molecular complexity index is 378. The molecule has 1 heterocycles. The Labute approximate surface area is 103 Å². The number of Topliss-reactive ketones (excluding diaryl/α,β-unsaturated/α-hetero) is 1. The molecular formula is C14H20N2O. The lowest BCUT2D eigenvalue weighted by molar-refractivity contribution is 0.0939. The van der Waals surface area contributed by atoms with Crippen molar-refractivity contribution >= 4 is 11.5 Å². The molecule has 1 aromatic carbocycles. The van der Waals surface area contributed by atoms with Crippen molar-refractivity contribution < 1.29 is 4.79 Å². The number of hydrogen-bond acceptors (Lipinski definition) is 3. The van der Waals surface area contributed by atoms with Gasteiger partial charge in [0.05, 0.1) is 0 Å². The van der Waals surface area contributed by atoms with E-state index in [1.807, 2.05) is 26.0 Å². The van der Waals surface area contributed by atoms with E-state index in [2.05, 4.69) is 22.3 Å². The zero-order valence-electron chi connectivity index (χ0n) is 10.6. The maximum atomic E-state index is 11.8. The van der Waals surface area contributed by atoms with Crippen molar-refractivity contribution in [2.24, 2.45) is 5.92 Å². The topological polar surface area (TPSA) is 32.3 Å². The summed E-state index contributed by atoms with van der Waals surface area (Å²) in [6.07, 6.45) is 0. The molecule has 3 nitrogen and oxygen atoms in total. The molecule has 0 spiro atoms. The van der Waals surface area contributed by atoms with Crippen LogP contribution in [0, 0.1) is 5.92 Å². The fourth-order valence-corrected chi connectivity index (χ4v) is 2.09. The Balaban J connectivity index is 2.09. The van der Waals surface area contributed by atoms with Crippen molar-refractivity contribution in [1.29, 1.82) is 0 Å². The molecule has 0 saturated carbocycles. The van der Waals surface area contributed by atoms with Crippen LogP contribution in [-0.2, 0) is 0 Å². The molecule has 0 radical (unpaired) electrons. The number of benzene rings is 1. The number of nitrogens with one attached hydrogen (secondary N) is 1. The molecule has 0 amide bonds. The van der Waals surface area contributed by atoms with E-state index in [9.17, 15) is 4.79 Å². The Morgan fingerprint density at radius 3 is 2.29 bits per heavy atom. The van der Waals surface area contributed by atoms with Gasteiger partial charge in [0.1, 0.15) is 0 Å². The van der Waals surface area contributed by atoms with E-state index in [1.54, 1.807) is 0 Å². The smallest absolute Gasteiger partial charge is 0.165 e. The van der Waals surface area contributed by atoms with Gasteiger partial charge < -0.3 is 10.2 Å². The van der Waals surface area contributed by atoms with Crippen LogP contribution in [0.25, 0.3) is 0 Å². The first-order chi connectivity index (χ1) is 8.18. The van der Waals surface area contributed by atoms with Gasteiger partial charge >= 0.3 is 0 Å². The van der Waals surface area contributed by atoms with Crippen LogP contribution in [0.5, 0.6) is 0 Å². The molecule has 0 atom stereocenters. The molecule has 92 valence electrons. The monoisotopic (exact) mass is 232 g/mol. The molecular weight excluding hydrogens is 212 g/mol. The second-order valence-electron chi connectivity index (χ2n) is 4.80. The second-order valence-corrected chi connectivity index (χ2v) is 4.80. The number of hydrogen-bond donors (Lipinski definition) is 1. The lowest BCUT2D eigenvalue weighted by Gasteiger charge is -2.29. The fraction of sp³-hybridized carbons (Fsp3) is 0.500. The molecule has 17 heavy (non-hydrogen) atoms. The van der Waals surface area contributed by atoms with Gasteiger partial charge in [-0.1, -0.05) is 13.8 Å². The molecule has 1 aromatic rings. The predicted octanol–water partition coefficient (Wildman–Crippen LogP) is 1.93. The van der Waals surface area contributed by atoms with Crippen LogP contribution in [0.2, 0.25) is 0 Å². The summed E-state index contributed by atoms with van der Waals surface area (Å²) in [5.74, 6) is 0.289. The van der Waals surface area contributed by atoms with E-state index < -0.39 is 0 Å². The largest absolute Gasteiger partial charge is 0.369 e. The Hall–Kier alpha value is -1.35. The summed E-state index contributed by atoms with van der Waals surface area (Å²) in [5.41, 5.74) is 2.03. The van der Waals surface area contributed by atoms with Crippen molar-refractivity contribution in [3.8, 4) is 0 Å². The third-order valence-electron chi connectivity index (χ3n) is 3.16. The third kappa shape index (κ3) is 2.86. The maximum Gasteiger partial charge on any atom is 0.165 e. The highest BCUT2D eigenvalue weighted by molar-refractivity contribution is 5.97. The molecule has 1 saturated heterocycles. The first-order valence-corrected chi connectivity index (χ1v) is 6.28. The minimum absolute atomic E-state index is 0.0695. The highest BCUT2D eigenvalue weighted by atomic mass is 16.1. The average Bonchev–Trinajstić information content (AvgIpc) is 2.39. The van der Waals surface area contributed by atoms with Crippen molar-refractivity contribution in [2.45, 2.75) is 13.8 Å². The highest BCUT2D eigenvalue weighted by Gasteiger charge is 2.13. The van der Waals surface area contributed by atoms with Crippen molar-refractivity contribution in [2.75, 3.05) is 31.1 Å². The molecule has 1 N–H and O–H groups in total. The summed E-state index contributed by atoms with van der Waals surface area (Å²) in [6.45, 7) is 8.02. The van der Waals surface area contributed by atoms with Gasteiger partial charge in [-0.05, 0) is 24.3 Å². The van der Waals surface area contributed by atoms with Gasteiger partial charge in [-0.3, -0.25) is 4.79 Å². The summed E-state index contributed by atoms with van der Waals surface area (Å²) in [5, 5.41) is 3.33. The molecule has 1 aliphatic heterocycles. The predicted molar refractivity (Wildman–Crippen MR) is 70.7 cm³/mol. The van der Waals surface area contributed by atoms with Crippen LogP contribution in [-0.4, -0.2) is 32.0 Å². The van der Waals surface area contributed by atoms with E-state index in [-0.39, 0.29) is 11.7 Å². The van der Waals surface area contributed by atoms with Gasteiger partial charge in [0, 0.05) is 43.3 Å². The zero-order chi connectivity index (χ0) is 12.3. The van der Waals surface area contributed by atoms with Gasteiger partial charge in [-0.25, -0.2) is 0 Å². The summed E-state index contributed by atoms with van der Waals surface area (Å²) < 4.78 is 0. The summed E-state index contributed by atoms with van der Waals surface area (Å²) in [6, 6.07) is 8.00.